The molecule has 2 rings (SSSR count). The highest BCUT2D eigenvalue weighted by atomic mass is 19.1. The summed E-state index contributed by atoms with van der Waals surface area (Å²) in [4.78, 5) is 0. The molecule has 2 aromatic rings. The van der Waals surface area contributed by atoms with Crippen molar-refractivity contribution in [3.8, 4) is 5.75 Å². The molecular weight excluding hydrogens is 229 g/mol. The van der Waals surface area contributed by atoms with Crippen LogP contribution in [-0.4, -0.2) is 0 Å². The minimum atomic E-state index is -0.306. The standard InChI is InChI=1S/C15H16FNO/c1-10-5-3-8-14(15(10)16)18-9-12-6-4-7-13(17)11(12)2/h3-8H,9,17H2,1-2H3. The van der Waals surface area contributed by atoms with Gasteiger partial charge in [-0.25, -0.2) is 4.39 Å². The molecule has 3 heteroatoms. The normalized spacial score (nSPS) is 10.4. The average Bonchev–Trinajstić information content (AvgIpc) is 2.36. The van der Waals surface area contributed by atoms with E-state index in [1.165, 1.54) is 0 Å². The van der Waals surface area contributed by atoms with Crippen molar-refractivity contribution in [1.29, 1.82) is 0 Å². The molecule has 18 heavy (non-hydrogen) atoms. The molecule has 0 spiro atoms. The monoisotopic (exact) mass is 245 g/mol. The molecule has 0 aliphatic rings. The SMILES string of the molecule is Cc1cccc(OCc2cccc(N)c2C)c1F. The molecule has 0 amide bonds. The number of hydrogen-bond donors (Lipinski definition) is 1. The van der Waals surface area contributed by atoms with Crippen LogP contribution in [0.2, 0.25) is 0 Å². The van der Waals surface area contributed by atoms with E-state index in [0.717, 1.165) is 16.8 Å². The summed E-state index contributed by atoms with van der Waals surface area (Å²) in [6, 6.07) is 10.8. The van der Waals surface area contributed by atoms with E-state index < -0.39 is 0 Å². The topological polar surface area (TPSA) is 35.2 Å². The summed E-state index contributed by atoms with van der Waals surface area (Å²) in [7, 11) is 0. The summed E-state index contributed by atoms with van der Waals surface area (Å²) in [5.41, 5.74) is 9.06. The molecule has 2 nitrogen and oxygen atoms in total. The lowest BCUT2D eigenvalue weighted by molar-refractivity contribution is 0.289. The minimum Gasteiger partial charge on any atom is -0.486 e. The molecule has 0 atom stereocenters. The Kier molecular flexibility index (Phi) is 3.51. The molecule has 0 unspecified atom stereocenters. The van der Waals surface area contributed by atoms with Gasteiger partial charge in [-0.2, -0.15) is 0 Å². The first-order chi connectivity index (χ1) is 8.59. The third-order valence-electron chi connectivity index (χ3n) is 3.03. The first kappa shape index (κ1) is 12.4. The van der Waals surface area contributed by atoms with Crippen LogP contribution in [-0.2, 0) is 6.61 Å². The van der Waals surface area contributed by atoms with Crippen LogP contribution in [0, 0.1) is 19.7 Å². The zero-order valence-electron chi connectivity index (χ0n) is 10.5. The number of rotatable bonds is 3. The molecule has 0 fully saturated rings. The molecule has 2 N–H and O–H groups in total. The van der Waals surface area contributed by atoms with Gasteiger partial charge in [-0.05, 0) is 42.7 Å². The predicted octanol–water partition coefficient (Wildman–Crippen LogP) is 3.60. The lowest BCUT2D eigenvalue weighted by atomic mass is 10.1. The number of nitrogens with two attached hydrogens (primary N) is 1. The highest BCUT2D eigenvalue weighted by Crippen LogP contribution is 2.22. The Bertz CT molecular complexity index is 515. The summed E-state index contributed by atoms with van der Waals surface area (Å²) >= 11 is 0. The summed E-state index contributed by atoms with van der Waals surface area (Å²) in [6.45, 7) is 3.96. The van der Waals surface area contributed by atoms with E-state index in [2.05, 4.69) is 0 Å². The Balaban J connectivity index is 2.17. The lowest BCUT2D eigenvalue weighted by Gasteiger charge is -2.11. The Hall–Kier alpha value is -2.03. The minimum absolute atomic E-state index is 0.275. The van der Waals surface area contributed by atoms with Crippen molar-refractivity contribution < 1.29 is 9.13 Å². The highest BCUT2D eigenvalue weighted by molar-refractivity contribution is 5.49. The van der Waals surface area contributed by atoms with Crippen LogP contribution in [0.1, 0.15) is 16.7 Å². The van der Waals surface area contributed by atoms with Gasteiger partial charge < -0.3 is 10.5 Å². The van der Waals surface area contributed by atoms with Crippen LogP contribution in [0.15, 0.2) is 36.4 Å². The third kappa shape index (κ3) is 2.45. The summed E-state index contributed by atoms with van der Waals surface area (Å²) in [5.74, 6) is -0.0316. The predicted molar refractivity (Wildman–Crippen MR) is 71.1 cm³/mol. The fourth-order valence-corrected chi connectivity index (χ4v) is 1.75. The summed E-state index contributed by atoms with van der Waals surface area (Å²) < 4.78 is 19.2. The van der Waals surface area contributed by atoms with E-state index >= 15 is 0 Å². The number of halogens is 1. The van der Waals surface area contributed by atoms with E-state index in [1.807, 2.05) is 25.1 Å². The first-order valence-electron chi connectivity index (χ1n) is 5.81. The Morgan fingerprint density at radius 2 is 1.83 bits per heavy atom. The summed E-state index contributed by atoms with van der Waals surface area (Å²) in [6.07, 6.45) is 0. The zero-order valence-corrected chi connectivity index (χ0v) is 10.5. The van der Waals surface area contributed by atoms with Gasteiger partial charge in [0.1, 0.15) is 6.61 Å². The Morgan fingerprint density at radius 3 is 2.61 bits per heavy atom. The smallest absolute Gasteiger partial charge is 0.167 e. The van der Waals surface area contributed by atoms with Crippen molar-refractivity contribution in [3.63, 3.8) is 0 Å². The van der Waals surface area contributed by atoms with Gasteiger partial charge in [0.2, 0.25) is 0 Å². The van der Waals surface area contributed by atoms with E-state index in [0.29, 0.717) is 12.2 Å². The number of benzene rings is 2. The maximum absolute atomic E-state index is 13.7. The van der Waals surface area contributed by atoms with Crippen molar-refractivity contribution >= 4 is 5.69 Å². The second-order valence-electron chi connectivity index (χ2n) is 4.31. The van der Waals surface area contributed by atoms with Gasteiger partial charge in [0.05, 0.1) is 0 Å². The van der Waals surface area contributed by atoms with Gasteiger partial charge in [-0.1, -0.05) is 24.3 Å². The Morgan fingerprint density at radius 1 is 1.11 bits per heavy atom. The first-order valence-corrected chi connectivity index (χ1v) is 5.81. The van der Waals surface area contributed by atoms with Crippen molar-refractivity contribution in [3.05, 3.63) is 58.9 Å². The van der Waals surface area contributed by atoms with Crippen molar-refractivity contribution in [2.24, 2.45) is 0 Å². The molecule has 0 bridgehead atoms. The van der Waals surface area contributed by atoms with Crippen LogP contribution < -0.4 is 10.5 Å². The van der Waals surface area contributed by atoms with E-state index in [4.69, 9.17) is 10.5 Å². The summed E-state index contributed by atoms with van der Waals surface area (Å²) in [5, 5.41) is 0. The van der Waals surface area contributed by atoms with Crippen molar-refractivity contribution in [2.75, 3.05) is 5.73 Å². The molecule has 0 aromatic heterocycles. The van der Waals surface area contributed by atoms with Gasteiger partial charge in [0.15, 0.2) is 11.6 Å². The molecule has 0 heterocycles. The van der Waals surface area contributed by atoms with Gasteiger partial charge in [0, 0.05) is 5.69 Å². The van der Waals surface area contributed by atoms with Crippen LogP contribution in [0.3, 0.4) is 0 Å². The number of anilines is 1. The van der Waals surface area contributed by atoms with Crippen molar-refractivity contribution in [1.82, 2.24) is 0 Å². The molecule has 0 saturated carbocycles. The molecule has 2 aromatic carbocycles. The van der Waals surface area contributed by atoms with Crippen LogP contribution >= 0.6 is 0 Å². The largest absolute Gasteiger partial charge is 0.486 e. The second kappa shape index (κ2) is 5.08. The molecular formula is C15H16FNO. The molecule has 0 aliphatic heterocycles. The number of hydrogen-bond acceptors (Lipinski definition) is 2. The fourth-order valence-electron chi connectivity index (χ4n) is 1.75. The highest BCUT2D eigenvalue weighted by Gasteiger charge is 2.07. The third-order valence-corrected chi connectivity index (χ3v) is 3.03. The molecule has 0 aliphatic carbocycles. The maximum Gasteiger partial charge on any atom is 0.167 e. The maximum atomic E-state index is 13.7. The number of nitrogen functional groups attached to an aromatic ring is 1. The van der Waals surface area contributed by atoms with Crippen LogP contribution in [0.5, 0.6) is 5.75 Å². The second-order valence-corrected chi connectivity index (χ2v) is 4.31. The Labute approximate surface area is 106 Å². The van der Waals surface area contributed by atoms with Gasteiger partial charge in [-0.3, -0.25) is 0 Å². The lowest BCUT2D eigenvalue weighted by Crippen LogP contribution is -2.02. The van der Waals surface area contributed by atoms with Crippen LogP contribution in [0.4, 0.5) is 10.1 Å². The quantitative estimate of drug-likeness (QED) is 0.838. The van der Waals surface area contributed by atoms with E-state index in [9.17, 15) is 4.39 Å². The number of aryl methyl sites for hydroxylation is 1. The van der Waals surface area contributed by atoms with E-state index in [-0.39, 0.29) is 11.6 Å². The van der Waals surface area contributed by atoms with Gasteiger partial charge >= 0.3 is 0 Å². The molecule has 0 radical (unpaired) electrons. The van der Waals surface area contributed by atoms with Gasteiger partial charge in [-0.15, -0.1) is 0 Å². The van der Waals surface area contributed by atoms with Crippen molar-refractivity contribution in [2.45, 2.75) is 20.5 Å². The fraction of sp³-hybridized carbons (Fsp3) is 0.200. The molecule has 0 saturated heterocycles. The van der Waals surface area contributed by atoms with E-state index in [1.54, 1.807) is 25.1 Å². The van der Waals surface area contributed by atoms with Gasteiger partial charge in [0.25, 0.3) is 0 Å². The zero-order chi connectivity index (χ0) is 13.1. The number of ether oxygens (including phenoxy) is 1. The average molecular weight is 245 g/mol. The van der Waals surface area contributed by atoms with Crippen LogP contribution in [0.25, 0.3) is 0 Å². The molecule has 94 valence electrons.